The second-order valence-corrected chi connectivity index (χ2v) is 4.91. The summed E-state index contributed by atoms with van der Waals surface area (Å²) >= 11 is 0. The third-order valence-electron chi connectivity index (χ3n) is 3.17. The molecule has 138 valence electrons. The Bertz CT molecular complexity index is 545. The molecule has 0 fully saturated rings. The summed E-state index contributed by atoms with van der Waals surface area (Å²) in [5.41, 5.74) is -0.0149. The smallest absolute Gasteiger partial charge is 0.200 e. The Balaban J connectivity index is 3.10. The Morgan fingerprint density at radius 1 is 0.583 bits per heavy atom. The molecule has 0 atom stereocenters. The van der Waals surface area contributed by atoms with Gasteiger partial charge in [0.25, 0.3) is 0 Å². The number of rotatable bonds is 6. The van der Waals surface area contributed by atoms with E-state index in [1.807, 2.05) is 0 Å². The summed E-state index contributed by atoms with van der Waals surface area (Å²) < 4.78 is 140. The van der Waals surface area contributed by atoms with Crippen LogP contribution in [0, 0.1) is 0 Å². The third kappa shape index (κ3) is 3.30. The van der Waals surface area contributed by atoms with Gasteiger partial charge in [-0.1, -0.05) is 30.3 Å². The molecule has 0 bridgehead atoms. The summed E-state index contributed by atoms with van der Waals surface area (Å²) in [5.74, 6) is -27.4. The van der Waals surface area contributed by atoms with Crippen LogP contribution in [0.4, 0.5) is 48.3 Å². The van der Waals surface area contributed by atoms with Gasteiger partial charge in [-0.25, -0.2) is 0 Å². The molecule has 0 saturated carbocycles. The van der Waals surface area contributed by atoms with Crippen LogP contribution < -0.4 is 0 Å². The van der Waals surface area contributed by atoms with Crippen LogP contribution in [0.25, 0.3) is 0 Å². The van der Waals surface area contributed by atoms with E-state index in [4.69, 9.17) is 0 Å². The van der Waals surface area contributed by atoms with Gasteiger partial charge in [-0.05, 0) is 12.0 Å². The predicted octanol–water partition coefficient (Wildman–Crippen LogP) is 5.72. The van der Waals surface area contributed by atoms with Crippen LogP contribution in [0.15, 0.2) is 30.3 Å². The van der Waals surface area contributed by atoms with E-state index in [0.717, 1.165) is 12.1 Å². The molecule has 24 heavy (non-hydrogen) atoms. The zero-order valence-electron chi connectivity index (χ0n) is 11.5. The van der Waals surface area contributed by atoms with E-state index in [9.17, 15) is 48.3 Å². The number of aryl methyl sites for hydroxylation is 1. The first-order chi connectivity index (χ1) is 10.6. The number of benzene rings is 1. The van der Waals surface area contributed by atoms with E-state index in [1.54, 1.807) is 0 Å². The Morgan fingerprint density at radius 3 is 1.46 bits per heavy atom. The van der Waals surface area contributed by atoms with Gasteiger partial charge in [-0.3, -0.25) is 0 Å². The van der Waals surface area contributed by atoms with Gasteiger partial charge in [0.05, 0.1) is 0 Å². The highest BCUT2D eigenvalue weighted by atomic mass is 19.4. The first-order valence-electron chi connectivity index (χ1n) is 6.20. The predicted molar refractivity (Wildman–Crippen MR) is 60.6 cm³/mol. The molecule has 0 unspecified atom stereocenters. The standard InChI is InChI=1S/C13H9F11/c14-9(15,7-6-8-4-2-1-3-5-8)10(16,17)11(18,19)12(20,21)13(22,23)24/h1-5H,6-7H2. The molecule has 0 aliphatic rings. The summed E-state index contributed by atoms with van der Waals surface area (Å²) in [5, 5.41) is 0. The molecular weight excluding hydrogens is 365 g/mol. The third-order valence-corrected chi connectivity index (χ3v) is 3.17. The van der Waals surface area contributed by atoms with Crippen molar-refractivity contribution < 1.29 is 48.3 Å². The van der Waals surface area contributed by atoms with Crippen molar-refractivity contribution in [3.63, 3.8) is 0 Å². The van der Waals surface area contributed by atoms with E-state index in [2.05, 4.69) is 0 Å². The molecule has 0 heterocycles. The minimum atomic E-state index is -7.33. The average molecular weight is 374 g/mol. The van der Waals surface area contributed by atoms with Crippen LogP contribution in [0.1, 0.15) is 12.0 Å². The maximum Gasteiger partial charge on any atom is 0.460 e. The monoisotopic (exact) mass is 374 g/mol. The van der Waals surface area contributed by atoms with E-state index in [1.165, 1.54) is 18.2 Å². The molecule has 0 aliphatic heterocycles. The molecule has 0 aromatic heterocycles. The van der Waals surface area contributed by atoms with Crippen molar-refractivity contribution in [2.75, 3.05) is 0 Å². The highest BCUT2D eigenvalue weighted by Gasteiger charge is 2.86. The number of hydrogen-bond donors (Lipinski definition) is 0. The Labute approximate surface area is 128 Å². The highest BCUT2D eigenvalue weighted by molar-refractivity contribution is 5.16. The van der Waals surface area contributed by atoms with Crippen LogP contribution >= 0.6 is 0 Å². The Hall–Kier alpha value is -1.55. The quantitative estimate of drug-likeness (QED) is 0.559. The fourth-order valence-electron chi connectivity index (χ4n) is 1.71. The minimum absolute atomic E-state index is 0.0149. The lowest BCUT2D eigenvalue weighted by Gasteiger charge is -2.37. The van der Waals surface area contributed by atoms with Crippen molar-refractivity contribution in [2.24, 2.45) is 0 Å². The normalized spacial score (nSPS) is 14.8. The van der Waals surface area contributed by atoms with E-state index >= 15 is 0 Å². The van der Waals surface area contributed by atoms with Crippen LogP contribution in [0.5, 0.6) is 0 Å². The molecule has 0 saturated heterocycles. The Kier molecular flexibility index (Phi) is 5.18. The van der Waals surface area contributed by atoms with Crippen LogP contribution in [-0.2, 0) is 6.42 Å². The molecule has 1 rings (SSSR count). The summed E-state index contributed by atoms with van der Waals surface area (Å²) in [6.07, 6.45) is -10.1. The van der Waals surface area contributed by atoms with Gasteiger partial charge >= 0.3 is 29.9 Å². The first-order valence-corrected chi connectivity index (χ1v) is 6.20. The number of halogens is 11. The number of alkyl halides is 11. The van der Waals surface area contributed by atoms with Gasteiger partial charge in [0.2, 0.25) is 0 Å². The zero-order chi connectivity index (χ0) is 19.0. The lowest BCUT2D eigenvalue weighted by Crippen LogP contribution is -2.66. The van der Waals surface area contributed by atoms with Crippen LogP contribution in [-0.4, -0.2) is 29.9 Å². The maximum absolute atomic E-state index is 13.4. The number of hydrogen-bond acceptors (Lipinski definition) is 0. The lowest BCUT2D eigenvalue weighted by atomic mass is 9.94. The van der Waals surface area contributed by atoms with Crippen molar-refractivity contribution in [3.8, 4) is 0 Å². The zero-order valence-corrected chi connectivity index (χ0v) is 11.5. The fourth-order valence-corrected chi connectivity index (χ4v) is 1.71. The Morgan fingerprint density at radius 2 is 1.04 bits per heavy atom. The average Bonchev–Trinajstić information content (AvgIpc) is 2.44. The van der Waals surface area contributed by atoms with Crippen molar-refractivity contribution in [3.05, 3.63) is 35.9 Å². The summed E-state index contributed by atoms with van der Waals surface area (Å²) in [7, 11) is 0. The molecular formula is C13H9F11. The second kappa shape index (κ2) is 6.07. The molecule has 0 aliphatic carbocycles. The minimum Gasteiger partial charge on any atom is -0.200 e. The second-order valence-electron chi connectivity index (χ2n) is 4.91. The molecule has 0 nitrogen and oxygen atoms in total. The molecule has 1 aromatic carbocycles. The fraction of sp³-hybridized carbons (Fsp3) is 0.538. The molecule has 0 radical (unpaired) electrons. The molecule has 0 amide bonds. The highest BCUT2D eigenvalue weighted by Crippen LogP contribution is 2.58. The molecule has 0 N–H and O–H groups in total. The van der Waals surface area contributed by atoms with E-state index < -0.39 is 42.7 Å². The van der Waals surface area contributed by atoms with E-state index in [0.29, 0.717) is 0 Å². The van der Waals surface area contributed by atoms with Crippen LogP contribution in [0.2, 0.25) is 0 Å². The summed E-state index contributed by atoms with van der Waals surface area (Å²) in [4.78, 5) is 0. The summed E-state index contributed by atoms with van der Waals surface area (Å²) in [6, 6.07) is 6.36. The molecule has 0 spiro atoms. The van der Waals surface area contributed by atoms with Gasteiger partial charge in [-0.15, -0.1) is 0 Å². The SMILES string of the molecule is FC(F)(F)C(F)(F)C(F)(F)C(F)(F)C(F)(F)CCc1ccccc1. The van der Waals surface area contributed by atoms with Gasteiger partial charge in [0.15, 0.2) is 0 Å². The van der Waals surface area contributed by atoms with Crippen LogP contribution in [0.3, 0.4) is 0 Å². The molecule has 1 aromatic rings. The van der Waals surface area contributed by atoms with Gasteiger partial charge in [-0.2, -0.15) is 48.3 Å². The first kappa shape index (κ1) is 20.5. The van der Waals surface area contributed by atoms with E-state index in [-0.39, 0.29) is 5.56 Å². The van der Waals surface area contributed by atoms with Crippen molar-refractivity contribution in [1.82, 2.24) is 0 Å². The van der Waals surface area contributed by atoms with Crippen molar-refractivity contribution in [2.45, 2.75) is 42.7 Å². The van der Waals surface area contributed by atoms with Crippen molar-refractivity contribution in [1.29, 1.82) is 0 Å². The van der Waals surface area contributed by atoms with Gasteiger partial charge in [0.1, 0.15) is 0 Å². The van der Waals surface area contributed by atoms with Gasteiger partial charge < -0.3 is 0 Å². The lowest BCUT2D eigenvalue weighted by molar-refractivity contribution is -0.422. The van der Waals surface area contributed by atoms with Gasteiger partial charge in [0, 0.05) is 6.42 Å². The maximum atomic E-state index is 13.4. The largest absolute Gasteiger partial charge is 0.460 e. The van der Waals surface area contributed by atoms with Crippen molar-refractivity contribution >= 4 is 0 Å². The summed E-state index contributed by atoms with van der Waals surface area (Å²) in [6.45, 7) is 0. The topological polar surface area (TPSA) is 0 Å². The molecule has 11 heteroatoms.